The van der Waals surface area contributed by atoms with Crippen molar-refractivity contribution in [2.24, 2.45) is 0 Å². The molecule has 0 radical (unpaired) electrons. The van der Waals surface area contributed by atoms with Crippen LogP contribution in [0.25, 0.3) is 22.6 Å². The highest BCUT2D eigenvalue weighted by atomic mass is 32.2. The van der Waals surface area contributed by atoms with E-state index in [0.29, 0.717) is 11.8 Å². The fourth-order valence-corrected chi connectivity index (χ4v) is 3.22. The molecule has 0 bridgehead atoms. The Kier molecular flexibility index (Phi) is 5.56. The average Bonchev–Trinajstić information content (AvgIpc) is 3.07. The minimum atomic E-state index is -0.272. The van der Waals surface area contributed by atoms with Crippen molar-refractivity contribution < 1.29 is 9.21 Å². The van der Waals surface area contributed by atoms with E-state index in [9.17, 15) is 4.79 Å². The van der Waals surface area contributed by atoms with Gasteiger partial charge in [0.1, 0.15) is 5.69 Å². The molecular formula is C20H20N2O2S. The van der Waals surface area contributed by atoms with Gasteiger partial charge in [0.05, 0.1) is 5.25 Å². The van der Waals surface area contributed by atoms with Crippen LogP contribution < -0.4 is 5.32 Å². The van der Waals surface area contributed by atoms with Gasteiger partial charge in [-0.3, -0.25) is 4.79 Å². The predicted octanol–water partition coefficient (Wildman–Crippen LogP) is 4.63. The fourth-order valence-electron chi connectivity index (χ4n) is 2.45. The van der Waals surface area contributed by atoms with Crippen molar-refractivity contribution in [1.29, 1.82) is 0 Å². The van der Waals surface area contributed by atoms with Gasteiger partial charge in [0.2, 0.25) is 5.91 Å². The van der Waals surface area contributed by atoms with Crippen molar-refractivity contribution in [3.63, 3.8) is 0 Å². The number of hydrogen-bond donors (Lipinski definition) is 1. The molecule has 25 heavy (non-hydrogen) atoms. The molecular weight excluding hydrogens is 332 g/mol. The number of nitrogens with zero attached hydrogens (tertiary/aromatic N) is 1. The van der Waals surface area contributed by atoms with Crippen molar-refractivity contribution >= 4 is 17.7 Å². The molecule has 0 saturated heterocycles. The Labute approximate surface area is 151 Å². The summed E-state index contributed by atoms with van der Waals surface area (Å²) >= 11 is 1.33. The molecule has 3 rings (SSSR count). The smallest absolute Gasteiger partial charge is 0.257 e. The lowest BCUT2D eigenvalue weighted by Gasteiger charge is -2.07. The molecule has 0 unspecified atom stereocenters. The third-order valence-electron chi connectivity index (χ3n) is 3.69. The Balaban J connectivity index is 1.96. The summed E-state index contributed by atoms with van der Waals surface area (Å²) < 4.78 is 6.03. The number of carbonyl (C=O) groups excluding carboxylic acids is 1. The quantitative estimate of drug-likeness (QED) is 0.658. The van der Waals surface area contributed by atoms with Crippen molar-refractivity contribution in [3.05, 3.63) is 60.7 Å². The van der Waals surface area contributed by atoms with Crippen LogP contribution in [-0.2, 0) is 4.79 Å². The highest BCUT2D eigenvalue weighted by Gasteiger charge is 2.21. The predicted molar refractivity (Wildman–Crippen MR) is 101 cm³/mol. The van der Waals surface area contributed by atoms with E-state index in [2.05, 4.69) is 10.3 Å². The van der Waals surface area contributed by atoms with Crippen molar-refractivity contribution in [1.82, 2.24) is 10.3 Å². The molecule has 0 aliphatic heterocycles. The number of rotatable bonds is 6. The number of hydrogen-bond acceptors (Lipinski definition) is 4. The summed E-state index contributed by atoms with van der Waals surface area (Å²) in [6.45, 7) is 4.37. The van der Waals surface area contributed by atoms with Crippen LogP contribution in [0, 0.1) is 0 Å². The van der Waals surface area contributed by atoms with Gasteiger partial charge in [-0.1, -0.05) is 72.4 Å². The number of nitrogens with one attached hydrogen (secondary N) is 1. The molecule has 4 nitrogen and oxygen atoms in total. The first-order valence-corrected chi connectivity index (χ1v) is 9.13. The zero-order valence-corrected chi connectivity index (χ0v) is 15.0. The Morgan fingerprint density at radius 1 is 1.08 bits per heavy atom. The number of carbonyl (C=O) groups is 1. The van der Waals surface area contributed by atoms with Crippen molar-refractivity contribution in [3.8, 4) is 22.6 Å². The normalized spacial score (nSPS) is 11.9. The Hall–Kier alpha value is -2.53. The number of amides is 1. The van der Waals surface area contributed by atoms with Crippen LogP contribution >= 0.6 is 11.8 Å². The van der Waals surface area contributed by atoms with E-state index in [1.807, 2.05) is 74.5 Å². The number of aromatic nitrogens is 1. The maximum atomic E-state index is 12.0. The third-order valence-corrected chi connectivity index (χ3v) is 4.63. The Morgan fingerprint density at radius 3 is 2.28 bits per heavy atom. The van der Waals surface area contributed by atoms with Gasteiger partial charge in [-0.25, -0.2) is 4.98 Å². The van der Waals surface area contributed by atoms with Gasteiger partial charge in [0.25, 0.3) is 5.22 Å². The van der Waals surface area contributed by atoms with Crippen LogP contribution in [0.1, 0.15) is 13.8 Å². The maximum absolute atomic E-state index is 12.0. The van der Waals surface area contributed by atoms with Crippen LogP contribution in [0.3, 0.4) is 0 Å². The highest BCUT2D eigenvalue weighted by molar-refractivity contribution is 8.00. The first-order chi connectivity index (χ1) is 12.2. The van der Waals surface area contributed by atoms with E-state index in [1.165, 1.54) is 11.8 Å². The van der Waals surface area contributed by atoms with E-state index in [4.69, 9.17) is 4.42 Å². The van der Waals surface area contributed by atoms with Gasteiger partial charge in [-0.2, -0.15) is 0 Å². The summed E-state index contributed by atoms with van der Waals surface area (Å²) in [6.07, 6.45) is 0. The number of benzene rings is 2. The molecule has 1 N–H and O–H groups in total. The second kappa shape index (κ2) is 8.03. The molecule has 0 aliphatic rings. The first-order valence-electron chi connectivity index (χ1n) is 8.25. The van der Waals surface area contributed by atoms with Crippen LogP contribution in [-0.4, -0.2) is 22.7 Å². The fraction of sp³-hybridized carbons (Fsp3) is 0.200. The summed E-state index contributed by atoms with van der Waals surface area (Å²) in [7, 11) is 0. The summed E-state index contributed by atoms with van der Waals surface area (Å²) in [5, 5.41) is 3.05. The van der Waals surface area contributed by atoms with E-state index in [1.54, 1.807) is 0 Å². The summed E-state index contributed by atoms with van der Waals surface area (Å²) in [5.74, 6) is 0.700. The molecule has 2 aromatic carbocycles. The van der Waals surface area contributed by atoms with E-state index in [0.717, 1.165) is 22.6 Å². The maximum Gasteiger partial charge on any atom is 0.257 e. The first kappa shape index (κ1) is 17.3. The molecule has 3 aromatic rings. The van der Waals surface area contributed by atoms with Crippen molar-refractivity contribution in [2.75, 3.05) is 6.54 Å². The molecule has 1 amide bonds. The van der Waals surface area contributed by atoms with Gasteiger partial charge in [-0.05, 0) is 13.8 Å². The highest BCUT2D eigenvalue weighted by Crippen LogP contribution is 2.36. The lowest BCUT2D eigenvalue weighted by atomic mass is 10.1. The minimum absolute atomic E-state index is 0.0202. The molecule has 1 heterocycles. The van der Waals surface area contributed by atoms with E-state index < -0.39 is 0 Å². The monoisotopic (exact) mass is 352 g/mol. The van der Waals surface area contributed by atoms with Crippen LogP contribution in [0.5, 0.6) is 0 Å². The molecule has 1 atom stereocenters. The van der Waals surface area contributed by atoms with Gasteiger partial charge in [-0.15, -0.1) is 0 Å². The second-order valence-corrected chi connectivity index (χ2v) is 6.84. The average molecular weight is 352 g/mol. The molecule has 0 spiro atoms. The van der Waals surface area contributed by atoms with E-state index in [-0.39, 0.29) is 11.2 Å². The zero-order valence-electron chi connectivity index (χ0n) is 14.2. The van der Waals surface area contributed by atoms with Gasteiger partial charge in [0, 0.05) is 17.7 Å². The summed E-state index contributed by atoms with van der Waals surface area (Å²) in [6, 6.07) is 19.8. The van der Waals surface area contributed by atoms with Crippen LogP contribution in [0.4, 0.5) is 0 Å². The lowest BCUT2D eigenvalue weighted by Crippen LogP contribution is -2.30. The van der Waals surface area contributed by atoms with E-state index >= 15 is 0 Å². The second-order valence-electron chi connectivity index (χ2n) is 5.54. The number of thioether (sulfide) groups is 1. The van der Waals surface area contributed by atoms with Gasteiger partial charge in [0.15, 0.2) is 5.76 Å². The Morgan fingerprint density at radius 2 is 1.68 bits per heavy atom. The van der Waals surface area contributed by atoms with Gasteiger partial charge < -0.3 is 9.73 Å². The molecule has 0 saturated carbocycles. The lowest BCUT2D eigenvalue weighted by molar-refractivity contribution is -0.120. The molecule has 5 heteroatoms. The zero-order chi connectivity index (χ0) is 17.6. The van der Waals surface area contributed by atoms with Crippen LogP contribution in [0.2, 0.25) is 0 Å². The molecule has 0 aliphatic carbocycles. The number of oxazole rings is 1. The summed E-state index contributed by atoms with van der Waals surface area (Å²) in [4.78, 5) is 16.6. The molecule has 0 fully saturated rings. The Bertz CT molecular complexity index is 774. The third kappa shape index (κ3) is 4.12. The standard InChI is InChI=1S/C20H20N2O2S/c1-3-21-19(23)14(2)25-20-22-17(15-10-6-4-7-11-15)18(24-20)16-12-8-5-9-13-16/h4-14H,3H2,1-2H3,(H,21,23)/t14-/m1/s1. The minimum Gasteiger partial charge on any atom is -0.431 e. The van der Waals surface area contributed by atoms with Crippen LogP contribution in [0.15, 0.2) is 70.3 Å². The summed E-state index contributed by atoms with van der Waals surface area (Å²) in [5.41, 5.74) is 2.74. The molecule has 1 aromatic heterocycles. The largest absolute Gasteiger partial charge is 0.431 e. The SMILES string of the molecule is CCNC(=O)[C@@H](C)Sc1nc(-c2ccccc2)c(-c2ccccc2)o1. The van der Waals surface area contributed by atoms with Gasteiger partial charge >= 0.3 is 0 Å². The van der Waals surface area contributed by atoms with Crippen molar-refractivity contribution in [2.45, 2.75) is 24.3 Å². The topological polar surface area (TPSA) is 55.1 Å². The molecule has 128 valence electrons.